The topological polar surface area (TPSA) is 141 Å². The zero-order valence-corrected chi connectivity index (χ0v) is 10.3. The summed E-state index contributed by atoms with van der Waals surface area (Å²) in [5.74, 6) is -4.48. The number of hydrogen-bond donors (Lipinski definition) is 4. The molecule has 0 aromatic rings. The SMILES string of the molecule is O=C(O)CC(O)(CC(=O)OCCO)C(=O)O.[Ti]. The Hall–Kier alpha value is -0.956. The average Bonchev–Trinajstić information content (AvgIpc) is 2.12. The molecule has 0 fully saturated rings. The number of hydrogen-bond acceptors (Lipinski definition) is 6. The Balaban J connectivity index is 0. The number of aliphatic hydroxyl groups is 2. The predicted molar refractivity (Wildman–Crippen MR) is 47.5 cm³/mol. The fourth-order valence-corrected chi connectivity index (χ4v) is 0.913. The summed E-state index contributed by atoms with van der Waals surface area (Å²) in [5, 5.41) is 34.7. The van der Waals surface area contributed by atoms with Crippen molar-refractivity contribution in [3.8, 4) is 0 Å². The molecule has 0 bridgehead atoms. The molecule has 0 aliphatic rings. The van der Waals surface area contributed by atoms with E-state index in [1.807, 2.05) is 0 Å². The third-order valence-corrected chi connectivity index (χ3v) is 1.63. The van der Waals surface area contributed by atoms with Crippen molar-refractivity contribution in [3.05, 3.63) is 0 Å². The summed E-state index contributed by atoms with van der Waals surface area (Å²) < 4.78 is 4.31. The molecule has 0 radical (unpaired) electrons. The average molecular weight is 284 g/mol. The van der Waals surface area contributed by atoms with Crippen molar-refractivity contribution in [2.75, 3.05) is 13.2 Å². The van der Waals surface area contributed by atoms with Crippen LogP contribution in [-0.4, -0.2) is 57.1 Å². The first kappa shape index (κ1) is 18.4. The largest absolute Gasteiger partial charge is 0.481 e. The van der Waals surface area contributed by atoms with Crippen LogP contribution in [0.5, 0.6) is 0 Å². The molecular formula is C8H12O8Ti. The van der Waals surface area contributed by atoms with Crippen LogP contribution in [-0.2, 0) is 40.8 Å². The van der Waals surface area contributed by atoms with E-state index in [1.54, 1.807) is 0 Å². The number of ether oxygens (including phenoxy) is 1. The van der Waals surface area contributed by atoms with E-state index in [2.05, 4.69) is 4.74 Å². The van der Waals surface area contributed by atoms with E-state index in [0.717, 1.165) is 0 Å². The Morgan fingerprint density at radius 3 is 2.00 bits per heavy atom. The van der Waals surface area contributed by atoms with Crippen LogP contribution in [0.1, 0.15) is 12.8 Å². The normalized spacial score (nSPS) is 13.1. The van der Waals surface area contributed by atoms with Gasteiger partial charge < -0.3 is 25.2 Å². The first-order valence-corrected chi connectivity index (χ1v) is 4.26. The summed E-state index contributed by atoms with van der Waals surface area (Å²) in [7, 11) is 0. The van der Waals surface area contributed by atoms with Gasteiger partial charge in [0.1, 0.15) is 6.61 Å². The van der Waals surface area contributed by atoms with Gasteiger partial charge in [-0.2, -0.15) is 0 Å². The van der Waals surface area contributed by atoms with Crippen molar-refractivity contribution in [2.24, 2.45) is 0 Å². The smallest absolute Gasteiger partial charge is 0.336 e. The monoisotopic (exact) mass is 284 g/mol. The second-order valence-corrected chi connectivity index (χ2v) is 3.03. The van der Waals surface area contributed by atoms with Gasteiger partial charge in [-0.3, -0.25) is 9.59 Å². The number of rotatable bonds is 7. The first-order valence-electron chi connectivity index (χ1n) is 4.26. The Bertz CT molecular complexity index is 291. The van der Waals surface area contributed by atoms with Gasteiger partial charge in [-0.25, -0.2) is 4.79 Å². The van der Waals surface area contributed by atoms with Crippen LogP contribution in [0, 0.1) is 0 Å². The molecule has 0 saturated heterocycles. The van der Waals surface area contributed by atoms with Crippen LogP contribution in [0.25, 0.3) is 0 Å². The summed E-state index contributed by atoms with van der Waals surface area (Å²) in [6.07, 6.45) is -2.11. The molecule has 0 aromatic heterocycles. The minimum atomic E-state index is -2.70. The first-order chi connectivity index (χ1) is 7.31. The number of aliphatic hydroxyl groups excluding tert-OH is 1. The number of esters is 1. The fourth-order valence-electron chi connectivity index (χ4n) is 0.913. The molecule has 8 nitrogen and oxygen atoms in total. The van der Waals surface area contributed by atoms with Crippen molar-refractivity contribution in [1.82, 2.24) is 0 Å². The Morgan fingerprint density at radius 2 is 1.65 bits per heavy atom. The second kappa shape index (κ2) is 8.18. The van der Waals surface area contributed by atoms with Crippen molar-refractivity contribution < 1.29 is 61.3 Å². The molecule has 17 heavy (non-hydrogen) atoms. The fraction of sp³-hybridized carbons (Fsp3) is 0.625. The predicted octanol–water partition coefficient (Wildman–Crippen LogP) is -1.80. The summed E-state index contributed by atoms with van der Waals surface area (Å²) >= 11 is 0. The molecule has 0 aliphatic carbocycles. The van der Waals surface area contributed by atoms with E-state index in [-0.39, 0.29) is 28.3 Å². The van der Waals surface area contributed by atoms with Gasteiger partial charge in [0.15, 0.2) is 5.60 Å². The van der Waals surface area contributed by atoms with Gasteiger partial charge in [0.25, 0.3) is 0 Å². The maximum absolute atomic E-state index is 11.0. The van der Waals surface area contributed by atoms with Crippen molar-refractivity contribution in [2.45, 2.75) is 18.4 Å². The third kappa shape index (κ3) is 7.06. The number of aliphatic carboxylic acids is 2. The summed E-state index contributed by atoms with van der Waals surface area (Å²) in [6.45, 7) is -0.794. The number of carboxylic acid groups (broad SMARTS) is 2. The minimum Gasteiger partial charge on any atom is -0.481 e. The zero-order chi connectivity index (χ0) is 12.8. The molecule has 0 spiro atoms. The van der Waals surface area contributed by atoms with Gasteiger partial charge in [0, 0.05) is 21.7 Å². The van der Waals surface area contributed by atoms with Crippen LogP contribution in [0.2, 0.25) is 0 Å². The molecule has 1 atom stereocenters. The van der Waals surface area contributed by atoms with Crippen molar-refractivity contribution >= 4 is 17.9 Å². The maximum Gasteiger partial charge on any atom is 0.336 e. The standard InChI is InChI=1S/C8H12O8.Ti/c9-1-2-16-6(12)4-8(15,7(13)14)3-5(10)11;/h9,15H,1-4H2,(H,10,11)(H,13,14);. The molecule has 96 valence electrons. The van der Waals surface area contributed by atoms with Crippen LogP contribution in [0.4, 0.5) is 0 Å². The van der Waals surface area contributed by atoms with Crippen molar-refractivity contribution in [1.29, 1.82) is 0 Å². The van der Waals surface area contributed by atoms with Crippen LogP contribution >= 0.6 is 0 Å². The molecule has 9 heteroatoms. The zero-order valence-electron chi connectivity index (χ0n) is 8.75. The van der Waals surface area contributed by atoms with Crippen LogP contribution in [0.15, 0.2) is 0 Å². The number of carbonyl (C=O) groups excluding carboxylic acids is 1. The minimum absolute atomic E-state index is 0. The molecule has 0 amide bonds. The Kier molecular flexibility index (Phi) is 8.86. The summed E-state index contributed by atoms with van der Waals surface area (Å²) in [4.78, 5) is 31.8. The summed E-state index contributed by atoms with van der Waals surface area (Å²) in [5.41, 5.74) is -2.70. The quantitative estimate of drug-likeness (QED) is 0.317. The van der Waals surface area contributed by atoms with Crippen molar-refractivity contribution in [3.63, 3.8) is 0 Å². The van der Waals surface area contributed by atoms with Crippen LogP contribution < -0.4 is 0 Å². The molecule has 0 aromatic carbocycles. The molecular weight excluding hydrogens is 272 g/mol. The van der Waals surface area contributed by atoms with Gasteiger partial charge in [-0.15, -0.1) is 0 Å². The molecule has 4 N–H and O–H groups in total. The van der Waals surface area contributed by atoms with E-state index < -0.39 is 43.0 Å². The van der Waals surface area contributed by atoms with Gasteiger partial charge in [0.05, 0.1) is 19.4 Å². The second-order valence-electron chi connectivity index (χ2n) is 3.03. The van der Waals surface area contributed by atoms with Gasteiger partial charge in [-0.05, 0) is 0 Å². The van der Waals surface area contributed by atoms with E-state index >= 15 is 0 Å². The Labute approximate surface area is 111 Å². The molecule has 0 heterocycles. The van der Waals surface area contributed by atoms with Crippen LogP contribution in [0.3, 0.4) is 0 Å². The van der Waals surface area contributed by atoms with E-state index in [0.29, 0.717) is 0 Å². The summed E-state index contributed by atoms with van der Waals surface area (Å²) in [6, 6.07) is 0. The molecule has 1 unspecified atom stereocenters. The number of carboxylic acids is 2. The van der Waals surface area contributed by atoms with Gasteiger partial charge in [0.2, 0.25) is 0 Å². The number of carbonyl (C=O) groups is 3. The molecule has 0 rings (SSSR count). The van der Waals surface area contributed by atoms with Gasteiger partial charge >= 0.3 is 17.9 Å². The van der Waals surface area contributed by atoms with Gasteiger partial charge in [-0.1, -0.05) is 0 Å². The Morgan fingerprint density at radius 1 is 1.12 bits per heavy atom. The third-order valence-electron chi connectivity index (χ3n) is 1.63. The van der Waals surface area contributed by atoms with E-state index in [9.17, 15) is 19.5 Å². The van der Waals surface area contributed by atoms with E-state index in [4.69, 9.17) is 15.3 Å². The molecule has 0 aliphatic heterocycles. The maximum atomic E-state index is 11.0. The van der Waals surface area contributed by atoms with E-state index in [1.165, 1.54) is 0 Å². The molecule has 0 saturated carbocycles.